The summed E-state index contributed by atoms with van der Waals surface area (Å²) < 4.78 is 0. The first kappa shape index (κ1) is 15.8. The molecular formula is C19H20N4O2. The largest absolute Gasteiger partial charge is 0.393 e. The van der Waals surface area contributed by atoms with E-state index in [0.29, 0.717) is 12.8 Å². The van der Waals surface area contributed by atoms with Crippen LogP contribution < -0.4 is 5.32 Å². The number of aromatic nitrogens is 3. The Morgan fingerprint density at radius 1 is 1.08 bits per heavy atom. The van der Waals surface area contributed by atoms with Crippen LogP contribution in [0.3, 0.4) is 0 Å². The Labute approximate surface area is 145 Å². The summed E-state index contributed by atoms with van der Waals surface area (Å²) in [6.07, 6.45) is 1.17. The highest BCUT2D eigenvalue weighted by molar-refractivity contribution is 5.77. The summed E-state index contributed by atoms with van der Waals surface area (Å²) in [5, 5.41) is 21.4. The Balaban J connectivity index is 1.48. The molecule has 25 heavy (non-hydrogen) atoms. The number of carbonyl (C=O) groups excluding carboxylic acids is 1. The van der Waals surface area contributed by atoms with Crippen LogP contribution in [0.5, 0.6) is 0 Å². The van der Waals surface area contributed by atoms with E-state index in [0.717, 1.165) is 16.6 Å². The van der Waals surface area contributed by atoms with Gasteiger partial charge >= 0.3 is 0 Å². The number of nitrogens with one attached hydrogen (secondary N) is 1. The molecule has 1 amide bonds. The number of hydrogen-bond acceptors (Lipinski definition) is 4. The lowest BCUT2D eigenvalue weighted by molar-refractivity contribution is -0.124. The maximum Gasteiger partial charge on any atom is 0.244 e. The first-order chi connectivity index (χ1) is 12.2. The van der Waals surface area contributed by atoms with E-state index in [-0.39, 0.29) is 30.5 Å². The van der Waals surface area contributed by atoms with Crippen LogP contribution >= 0.6 is 0 Å². The summed E-state index contributed by atoms with van der Waals surface area (Å²) in [5.41, 5.74) is 2.61. The quantitative estimate of drug-likeness (QED) is 0.747. The molecule has 6 heteroatoms. The summed E-state index contributed by atoms with van der Waals surface area (Å²) >= 11 is 0. The molecule has 0 bridgehead atoms. The molecule has 0 saturated heterocycles. The lowest BCUT2D eigenvalue weighted by Gasteiger charge is -2.38. The van der Waals surface area contributed by atoms with E-state index < -0.39 is 0 Å². The summed E-state index contributed by atoms with van der Waals surface area (Å²) in [5.74, 6) is 0.126. The highest BCUT2D eigenvalue weighted by atomic mass is 16.3. The van der Waals surface area contributed by atoms with Crippen molar-refractivity contribution in [1.82, 2.24) is 20.3 Å². The predicted molar refractivity (Wildman–Crippen MR) is 93.6 cm³/mol. The van der Waals surface area contributed by atoms with Gasteiger partial charge in [0.25, 0.3) is 0 Å². The van der Waals surface area contributed by atoms with Crippen molar-refractivity contribution in [2.75, 3.05) is 0 Å². The second-order valence-corrected chi connectivity index (χ2v) is 6.56. The Bertz CT molecular complexity index is 838. The van der Waals surface area contributed by atoms with Gasteiger partial charge in [-0.05, 0) is 36.5 Å². The molecule has 1 aromatic heterocycles. The van der Waals surface area contributed by atoms with E-state index >= 15 is 0 Å². The third-order valence-corrected chi connectivity index (χ3v) is 4.71. The Morgan fingerprint density at radius 2 is 1.68 bits per heavy atom. The molecule has 2 aromatic carbocycles. The van der Waals surface area contributed by atoms with E-state index in [1.54, 1.807) is 0 Å². The standard InChI is InChI=1S/C19H20N4O2/c24-15-10-14(11-15)19(13-6-2-1-3-7-13)20-18(25)12-23-21-16-8-4-5-9-17(16)22-23/h1-9,14-15,19,24H,10-12H2,(H,20,25)/t14?,15?,19-/m0/s1. The van der Waals surface area contributed by atoms with Gasteiger partial charge in [-0.1, -0.05) is 42.5 Å². The molecule has 1 atom stereocenters. The zero-order chi connectivity index (χ0) is 17.2. The van der Waals surface area contributed by atoms with Crippen LogP contribution in [-0.2, 0) is 11.3 Å². The molecule has 3 aromatic rings. The van der Waals surface area contributed by atoms with Crippen molar-refractivity contribution in [2.24, 2.45) is 5.92 Å². The molecule has 128 valence electrons. The van der Waals surface area contributed by atoms with Gasteiger partial charge in [-0.2, -0.15) is 15.0 Å². The summed E-state index contributed by atoms with van der Waals surface area (Å²) in [6.45, 7) is 0.0767. The Morgan fingerprint density at radius 3 is 2.28 bits per heavy atom. The molecule has 2 N–H and O–H groups in total. The van der Waals surface area contributed by atoms with Crippen molar-refractivity contribution in [3.05, 3.63) is 60.2 Å². The number of aliphatic hydroxyl groups excluding tert-OH is 1. The summed E-state index contributed by atoms with van der Waals surface area (Å²) in [7, 11) is 0. The molecular weight excluding hydrogens is 316 g/mol. The van der Waals surface area contributed by atoms with Crippen molar-refractivity contribution in [3.8, 4) is 0 Å². The maximum atomic E-state index is 12.5. The fourth-order valence-corrected chi connectivity index (χ4v) is 3.36. The summed E-state index contributed by atoms with van der Waals surface area (Å²) in [4.78, 5) is 14.0. The number of fused-ring (bicyclic) bond motifs is 1. The van der Waals surface area contributed by atoms with Gasteiger partial charge < -0.3 is 10.4 Å². The van der Waals surface area contributed by atoms with Gasteiger partial charge in [0.2, 0.25) is 5.91 Å². The van der Waals surface area contributed by atoms with Gasteiger partial charge in [-0.15, -0.1) is 0 Å². The van der Waals surface area contributed by atoms with E-state index in [1.165, 1.54) is 4.80 Å². The second kappa shape index (κ2) is 6.64. The lowest BCUT2D eigenvalue weighted by atomic mass is 9.75. The summed E-state index contributed by atoms with van der Waals surface area (Å²) in [6, 6.07) is 17.4. The molecule has 0 radical (unpaired) electrons. The third kappa shape index (κ3) is 3.39. The van der Waals surface area contributed by atoms with Gasteiger partial charge in [0.15, 0.2) is 0 Å². The first-order valence-electron chi connectivity index (χ1n) is 8.51. The number of nitrogens with zero attached hydrogens (tertiary/aromatic N) is 3. The molecule has 0 aliphatic heterocycles. The van der Waals surface area contributed by atoms with Crippen LogP contribution in [0, 0.1) is 5.92 Å². The van der Waals surface area contributed by atoms with E-state index in [9.17, 15) is 9.90 Å². The number of rotatable bonds is 5. The minimum atomic E-state index is -0.258. The molecule has 1 saturated carbocycles. The number of benzene rings is 2. The average Bonchev–Trinajstić information content (AvgIpc) is 3.00. The third-order valence-electron chi connectivity index (χ3n) is 4.71. The number of carbonyl (C=O) groups is 1. The average molecular weight is 336 g/mol. The van der Waals surface area contributed by atoms with Crippen LogP contribution in [0.15, 0.2) is 54.6 Å². The highest BCUT2D eigenvalue weighted by Gasteiger charge is 2.35. The van der Waals surface area contributed by atoms with Crippen molar-refractivity contribution < 1.29 is 9.90 Å². The van der Waals surface area contributed by atoms with Crippen LogP contribution in [0.1, 0.15) is 24.4 Å². The van der Waals surface area contributed by atoms with Gasteiger partial charge in [0.05, 0.1) is 12.1 Å². The monoisotopic (exact) mass is 336 g/mol. The predicted octanol–water partition coefficient (Wildman–Crippen LogP) is 2.06. The number of amides is 1. The van der Waals surface area contributed by atoms with Crippen LogP contribution in [-0.4, -0.2) is 32.1 Å². The van der Waals surface area contributed by atoms with Crippen molar-refractivity contribution in [2.45, 2.75) is 31.5 Å². The number of aliphatic hydroxyl groups is 1. The van der Waals surface area contributed by atoms with Crippen molar-refractivity contribution >= 4 is 16.9 Å². The zero-order valence-electron chi connectivity index (χ0n) is 13.7. The van der Waals surface area contributed by atoms with Gasteiger partial charge in [0.1, 0.15) is 17.6 Å². The Hall–Kier alpha value is -2.73. The first-order valence-corrected chi connectivity index (χ1v) is 8.51. The smallest absolute Gasteiger partial charge is 0.244 e. The fourth-order valence-electron chi connectivity index (χ4n) is 3.36. The maximum absolute atomic E-state index is 12.5. The molecule has 0 unspecified atom stereocenters. The van der Waals surface area contributed by atoms with Crippen molar-refractivity contribution in [1.29, 1.82) is 0 Å². The Kier molecular flexibility index (Phi) is 4.19. The normalized spacial score (nSPS) is 20.8. The molecule has 6 nitrogen and oxygen atoms in total. The van der Waals surface area contributed by atoms with Gasteiger partial charge in [-0.25, -0.2) is 0 Å². The molecule has 1 fully saturated rings. The molecule has 1 heterocycles. The topological polar surface area (TPSA) is 80.0 Å². The van der Waals surface area contributed by atoms with Gasteiger partial charge in [0, 0.05) is 0 Å². The van der Waals surface area contributed by atoms with Gasteiger partial charge in [-0.3, -0.25) is 4.79 Å². The van der Waals surface area contributed by atoms with Crippen LogP contribution in [0.25, 0.3) is 11.0 Å². The van der Waals surface area contributed by atoms with E-state index in [2.05, 4.69) is 15.5 Å². The van der Waals surface area contributed by atoms with Crippen LogP contribution in [0.4, 0.5) is 0 Å². The fraction of sp³-hybridized carbons (Fsp3) is 0.316. The minimum Gasteiger partial charge on any atom is -0.393 e. The SMILES string of the molecule is O=C(Cn1nc2ccccc2n1)N[C@@H](c1ccccc1)C1CC(O)C1. The minimum absolute atomic E-state index is 0.0767. The highest BCUT2D eigenvalue weighted by Crippen LogP contribution is 2.37. The molecule has 1 aliphatic carbocycles. The van der Waals surface area contributed by atoms with Crippen molar-refractivity contribution in [3.63, 3.8) is 0 Å². The molecule has 4 rings (SSSR count). The molecule has 0 spiro atoms. The zero-order valence-corrected chi connectivity index (χ0v) is 13.7. The van der Waals surface area contributed by atoms with E-state index in [4.69, 9.17) is 0 Å². The van der Waals surface area contributed by atoms with Crippen LogP contribution in [0.2, 0.25) is 0 Å². The lowest BCUT2D eigenvalue weighted by Crippen LogP contribution is -2.42. The van der Waals surface area contributed by atoms with E-state index in [1.807, 2.05) is 54.6 Å². The second-order valence-electron chi connectivity index (χ2n) is 6.56. The molecule has 1 aliphatic rings. The number of hydrogen-bond donors (Lipinski definition) is 2.